The van der Waals surface area contributed by atoms with E-state index in [0.29, 0.717) is 35.3 Å². The van der Waals surface area contributed by atoms with E-state index in [4.69, 9.17) is 16.2 Å². The number of ether oxygens (including phenoxy) is 1. The Morgan fingerprint density at radius 3 is 2.75 bits per heavy atom. The highest BCUT2D eigenvalue weighted by atomic mass is 16.5. The van der Waals surface area contributed by atoms with Gasteiger partial charge in [0.05, 0.1) is 17.6 Å². The van der Waals surface area contributed by atoms with E-state index in [1.165, 1.54) is 10.7 Å². The third-order valence-electron chi connectivity index (χ3n) is 4.06. The highest BCUT2D eigenvalue weighted by molar-refractivity contribution is 5.72. The molecule has 0 fully saturated rings. The lowest BCUT2D eigenvalue weighted by atomic mass is 10.2. The van der Waals surface area contributed by atoms with Gasteiger partial charge in [0.1, 0.15) is 30.8 Å². The molecular weight excluding hydrogens is 360 g/mol. The fraction of sp³-hybridized carbons (Fsp3) is 0.176. The number of nitrogens with two attached hydrogens (primary N) is 2. The van der Waals surface area contributed by atoms with Crippen LogP contribution in [0.4, 0.5) is 23.0 Å². The number of nitrogens with one attached hydrogen (secondary N) is 2. The molecule has 0 amide bonds. The number of likely N-dealkylation sites (N-methyl/N-ethyl adjacent to an activating group) is 1. The maximum absolute atomic E-state index is 6.06. The van der Waals surface area contributed by atoms with Gasteiger partial charge in [0, 0.05) is 18.3 Å². The zero-order valence-corrected chi connectivity index (χ0v) is 15.2. The number of aromatic nitrogens is 6. The molecule has 0 aliphatic carbocycles. The molecule has 0 aliphatic rings. The Bertz CT molecular complexity index is 1090. The molecule has 144 valence electrons. The molecule has 3 aromatic heterocycles. The molecule has 0 aliphatic heterocycles. The number of imidazole rings is 1. The Kier molecular flexibility index (Phi) is 4.64. The van der Waals surface area contributed by atoms with Gasteiger partial charge >= 0.3 is 0 Å². The fourth-order valence-corrected chi connectivity index (χ4v) is 2.73. The molecule has 0 bridgehead atoms. The van der Waals surface area contributed by atoms with Crippen molar-refractivity contribution in [3.05, 3.63) is 43.1 Å². The number of nitrogens with zero attached hydrogens (tertiary/aromatic N) is 6. The van der Waals surface area contributed by atoms with E-state index in [1.807, 2.05) is 25.2 Å². The number of hydrogen-bond donors (Lipinski definition) is 4. The van der Waals surface area contributed by atoms with Gasteiger partial charge in [0.15, 0.2) is 11.5 Å². The molecule has 3 heterocycles. The van der Waals surface area contributed by atoms with Crippen LogP contribution in [0.1, 0.15) is 0 Å². The number of nitrogen functional groups attached to an aromatic ring is 2. The van der Waals surface area contributed by atoms with Crippen LogP contribution in [0.15, 0.2) is 43.1 Å². The van der Waals surface area contributed by atoms with Crippen molar-refractivity contribution in [3.8, 4) is 11.4 Å². The molecule has 0 atom stereocenters. The lowest BCUT2D eigenvalue weighted by Crippen LogP contribution is -2.16. The Balaban J connectivity index is 1.66. The third-order valence-corrected chi connectivity index (χ3v) is 4.06. The molecule has 28 heavy (non-hydrogen) atoms. The summed E-state index contributed by atoms with van der Waals surface area (Å²) in [5.74, 6) is 1.65. The second kappa shape index (κ2) is 7.40. The van der Waals surface area contributed by atoms with Gasteiger partial charge in [-0.05, 0) is 25.2 Å². The quantitative estimate of drug-likeness (QED) is 0.342. The highest BCUT2D eigenvalue weighted by Gasteiger charge is 2.11. The van der Waals surface area contributed by atoms with E-state index >= 15 is 0 Å². The monoisotopic (exact) mass is 380 g/mol. The normalized spacial score (nSPS) is 11.0. The van der Waals surface area contributed by atoms with Gasteiger partial charge in [-0.15, -0.1) is 15.3 Å². The van der Waals surface area contributed by atoms with Crippen molar-refractivity contribution >= 4 is 28.7 Å². The van der Waals surface area contributed by atoms with Crippen molar-refractivity contribution in [2.75, 3.05) is 37.0 Å². The highest BCUT2D eigenvalue weighted by Crippen LogP contribution is 2.28. The summed E-state index contributed by atoms with van der Waals surface area (Å²) in [6.45, 7) is 1.27. The van der Waals surface area contributed by atoms with Crippen molar-refractivity contribution in [1.82, 2.24) is 34.7 Å². The second-order valence-electron chi connectivity index (χ2n) is 6.03. The van der Waals surface area contributed by atoms with Crippen molar-refractivity contribution < 1.29 is 4.74 Å². The summed E-state index contributed by atoms with van der Waals surface area (Å²) in [4.78, 5) is 4.14. The van der Waals surface area contributed by atoms with Crippen LogP contribution >= 0.6 is 0 Å². The van der Waals surface area contributed by atoms with E-state index in [2.05, 4.69) is 30.9 Å². The van der Waals surface area contributed by atoms with Crippen molar-refractivity contribution in [1.29, 1.82) is 0 Å². The maximum Gasteiger partial charge on any atom is 0.179 e. The van der Waals surface area contributed by atoms with Gasteiger partial charge in [0.2, 0.25) is 0 Å². The largest absolute Gasteiger partial charge is 0.490 e. The molecule has 0 saturated carbocycles. The molecular formula is C17H20N10O. The molecule has 1 aromatic carbocycles. The Hall–Kier alpha value is -3.86. The summed E-state index contributed by atoms with van der Waals surface area (Å²) in [7, 11) is 1.87. The first-order valence-electron chi connectivity index (χ1n) is 8.59. The van der Waals surface area contributed by atoms with Crippen LogP contribution in [0, 0.1) is 0 Å². The SMILES string of the molecule is CNCCOc1ccc(Nc2cc(N)c3ncc(N)n3n2)cc1-n1cnnc1. The van der Waals surface area contributed by atoms with Crippen molar-refractivity contribution in [2.24, 2.45) is 0 Å². The number of rotatable bonds is 7. The van der Waals surface area contributed by atoms with Crippen molar-refractivity contribution in [2.45, 2.75) is 0 Å². The summed E-state index contributed by atoms with van der Waals surface area (Å²) >= 11 is 0. The van der Waals surface area contributed by atoms with Crippen molar-refractivity contribution in [3.63, 3.8) is 0 Å². The van der Waals surface area contributed by atoms with Crippen LogP contribution in [-0.2, 0) is 0 Å². The topological polar surface area (TPSA) is 146 Å². The first kappa shape index (κ1) is 17.5. The molecule has 0 unspecified atom stereocenters. The van der Waals surface area contributed by atoms with Gasteiger partial charge in [-0.2, -0.15) is 4.52 Å². The lowest BCUT2D eigenvalue weighted by molar-refractivity contribution is 0.317. The predicted octanol–water partition coefficient (Wildman–Crippen LogP) is 0.816. The van der Waals surface area contributed by atoms with E-state index in [1.54, 1.807) is 23.3 Å². The van der Waals surface area contributed by atoms with Crippen LogP contribution in [0.3, 0.4) is 0 Å². The smallest absolute Gasteiger partial charge is 0.179 e. The van der Waals surface area contributed by atoms with Gasteiger partial charge < -0.3 is 26.8 Å². The first-order valence-corrected chi connectivity index (χ1v) is 8.59. The molecule has 4 aromatic rings. The van der Waals surface area contributed by atoms with Gasteiger partial charge in [-0.1, -0.05) is 0 Å². The molecule has 6 N–H and O–H groups in total. The second-order valence-corrected chi connectivity index (χ2v) is 6.03. The molecule has 0 spiro atoms. The van der Waals surface area contributed by atoms with Crippen LogP contribution in [-0.4, -0.2) is 49.6 Å². The van der Waals surface area contributed by atoms with E-state index < -0.39 is 0 Å². The Morgan fingerprint density at radius 1 is 1.14 bits per heavy atom. The van der Waals surface area contributed by atoms with E-state index in [9.17, 15) is 0 Å². The van der Waals surface area contributed by atoms with E-state index in [0.717, 1.165) is 17.9 Å². The number of hydrogen-bond acceptors (Lipinski definition) is 9. The standard InChI is InChI=1S/C17H20N10O/c1-20-4-5-28-14-3-2-11(6-13(14)26-9-22-23-10-26)24-16-7-12(18)17-21-8-15(19)27(17)25-16/h2-3,6-10,20H,4-5,18-19H2,1H3,(H,24,25). The molecule has 11 nitrogen and oxygen atoms in total. The summed E-state index contributed by atoms with van der Waals surface area (Å²) in [5.41, 5.74) is 14.5. The minimum Gasteiger partial charge on any atom is -0.490 e. The average molecular weight is 380 g/mol. The lowest BCUT2D eigenvalue weighted by Gasteiger charge is -2.14. The molecule has 0 saturated heterocycles. The zero-order chi connectivity index (χ0) is 19.5. The van der Waals surface area contributed by atoms with Gasteiger partial charge in [-0.25, -0.2) is 4.98 Å². The van der Waals surface area contributed by atoms with Gasteiger partial charge in [-0.3, -0.25) is 4.57 Å². The number of anilines is 4. The van der Waals surface area contributed by atoms with Crippen LogP contribution in [0.2, 0.25) is 0 Å². The summed E-state index contributed by atoms with van der Waals surface area (Å²) < 4.78 is 9.13. The third kappa shape index (κ3) is 3.38. The Labute approximate surface area is 160 Å². The minimum atomic E-state index is 0.406. The summed E-state index contributed by atoms with van der Waals surface area (Å²) in [6, 6.07) is 7.39. The summed E-state index contributed by atoms with van der Waals surface area (Å²) in [5, 5.41) is 18.5. The van der Waals surface area contributed by atoms with Crippen LogP contribution < -0.4 is 26.8 Å². The molecule has 0 radical (unpaired) electrons. The molecule has 11 heteroatoms. The first-order chi connectivity index (χ1) is 13.7. The zero-order valence-electron chi connectivity index (χ0n) is 15.2. The summed E-state index contributed by atoms with van der Waals surface area (Å²) in [6.07, 6.45) is 4.74. The molecule has 4 rings (SSSR count). The average Bonchev–Trinajstić information content (AvgIpc) is 3.34. The number of fused-ring (bicyclic) bond motifs is 1. The van der Waals surface area contributed by atoms with Crippen LogP contribution in [0.5, 0.6) is 5.75 Å². The van der Waals surface area contributed by atoms with Crippen LogP contribution in [0.25, 0.3) is 11.3 Å². The van der Waals surface area contributed by atoms with Gasteiger partial charge in [0.25, 0.3) is 0 Å². The number of benzene rings is 1. The minimum absolute atomic E-state index is 0.406. The van der Waals surface area contributed by atoms with E-state index in [-0.39, 0.29) is 0 Å². The fourth-order valence-electron chi connectivity index (χ4n) is 2.73. The Morgan fingerprint density at radius 2 is 1.96 bits per heavy atom. The maximum atomic E-state index is 6.06. The predicted molar refractivity (Wildman–Crippen MR) is 106 cm³/mol.